The van der Waals surface area contributed by atoms with Gasteiger partial charge in [0.05, 0.1) is 18.2 Å². The quantitative estimate of drug-likeness (QED) is 0.663. The maximum Gasteiger partial charge on any atom is 0.227 e. The molecule has 0 aliphatic carbocycles. The summed E-state index contributed by atoms with van der Waals surface area (Å²) in [5.41, 5.74) is 3.51. The first-order valence-corrected chi connectivity index (χ1v) is 8.61. The van der Waals surface area contributed by atoms with Gasteiger partial charge in [0.15, 0.2) is 0 Å². The van der Waals surface area contributed by atoms with Crippen LogP contribution in [0.2, 0.25) is 0 Å². The van der Waals surface area contributed by atoms with Gasteiger partial charge in [-0.05, 0) is 41.0 Å². The molecule has 0 radical (unpaired) electrons. The number of halogens is 1. The number of benzene rings is 2. The molecule has 1 aromatic heterocycles. The number of nitrogens with zero attached hydrogens (tertiary/aromatic N) is 3. The van der Waals surface area contributed by atoms with E-state index in [1.165, 1.54) is 17.0 Å². The molecule has 5 heteroatoms. The van der Waals surface area contributed by atoms with E-state index in [0.29, 0.717) is 12.2 Å². The van der Waals surface area contributed by atoms with Gasteiger partial charge >= 0.3 is 0 Å². The number of carbonyl (C=O) groups excluding carboxylic acids is 1. The topological polar surface area (TPSA) is 57.0 Å². The molecule has 27 heavy (non-hydrogen) atoms. The van der Waals surface area contributed by atoms with Crippen molar-refractivity contribution in [1.29, 1.82) is 5.26 Å². The minimum Gasteiger partial charge on any atom is -0.308 e. The highest BCUT2D eigenvalue weighted by molar-refractivity contribution is 5.93. The monoisotopic (exact) mass is 359 g/mol. The van der Waals surface area contributed by atoms with Crippen LogP contribution in [0.5, 0.6) is 0 Å². The fourth-order valence-electron chi connectivity index (χ4n) is 2.83. The summed E-state index contributed by atoms with van der Waals surface area (Å²) < 4.78 is 13.8. The predicted molar refractivity (Wildman–Crippen MR) is 102 cm³/mol. The Morgan fingerprint density at radius 3 is 2.56 bits per heavy atom. The van der Waals surface area contributed by atoms with Crippen molar-refractivity contribution in [3.8, 4) is 17.2 Å². The fraction of sp³-hybridized carbons (Fsp3) is 0.136. The molecular weight excluding hydrogens is 341 g/mol. The molecule has 0 atom stereocenters. The molecule has 0 saturated carbocycles. The van der Waals surface area contributed by atoms with Crippen molar-refractivity contribution < 1.29 is 9.18 Å². The van der Waals surface area contributed by atoms with Gasteiger partial charge in [0.1, 0.15) is 5.82 Å². The Balaban J connectivity index is 1.88. The summed E-state index contributed by atoms with van der Waals surface area (Å²) in [6, 6.07) is 17.5. The number of nitriles is 1. The van der Waals surface area contributed by atoms with E-state index in [1.54, 1.807) is 19.3 Å². The van der Waals surface area contributed by atoms with Gasteiger partial charge in [-0.2, -0.15) is 5.26 Å². The van der Waals surface area contributed by atoms with Gasteiger partial charge in [0.25, 0.3) is 0 Å². The van der Waals surface area contributed by atoms with Gasteiger partial charge in [-0.15, -0.1) is 0 Å². The first-order valence-electron chi connectivity index (χ1n) is 8.61. The molecule has 0 saturated heterocycles. The van der Waals surface area contributed by atoms with Crippen LogP contribution < -0.4 is 4.90 Å². The van der Waals surface area contributed by atoms with Crippen LogP contribution in [0.3, 0.4) is 0 Å². The highest BCUT2D eigenvalue weighted by Crippen LogP contribution is 2.23. The molecule has 4 nitrogen and oxygen atoms in total. The van der Waals surface area contributed by atoms with E-state index in [4.69, 9.17) is 5.26 Å². The van der Waals surface area contributed by atoms with Gasteiger partial charge in [0, 0.05) is 24.5 Å². The van der Waals surface area contributed by atoms with Crippen LogP contribution in [0.4, 0.5) is 10.1 Å². The second-order valence-corrected chi connectivity index (χ2v) is 6.08. The SMILES string of the molecule is CCC(=O)N(Cc1ccc(-c2cccnc2)cc1)c1cc(F)cc(C#N)c1. The van der Waals surface area contributed by atoms with Crippen LogP contribution in [0.25, 0.3) is 11.1 Å². The molecule has 1 heterocycles. The maximum absolute atomic E-state index is 13.8. The largest absolute Gasteiger partial charge is 0.308 e. The Kier molecular flexibility index (Phi) is 5.58. The second kappa shape index (κ2) is 8.24. The van der Waals surface area contributed by atoms with Crippen molar-refractivity contribution in [2.24, 2.45) is 0 Å². The van der Waals surface area contributed by atoms with Crippen molar-refractivity contribution in [2.45, 2.75) is 19.9 Å². The molecule has 134 valence electrons. The van der Waals surface area contributed by atoms with Crippen molar-refractivity contribution >= 4 is 11.6 Å². The number of hydrogen-bond acceptors (Lipinski definition) is 3. The number of carbonyl (C=O) groups is 1. The van der Waals surface area contributed by atoms with E-state index in [0.717, 1.165) is 22.8 Å². The summed E-state index contributed by atoms with van der Waals surface area (Å²) >= 11 is 0. The molecule has 0 spiro atoms. The van der Waals surface area contributed by atoms with E-state index >= 15 is 0 Å². The van der Waals surface area contributed by atoms with Crippen LogP contribution in [-0.4, -0.2) is 10.9 Å². The number of hydrogen-bond donors (Lipinski definition) is 0. The lowest BCUT2D eigenvalue weighted by Gasteiger charge is -2.23. The summed E-state index contributed by atoms with van der Waals surface area (Å²) in [5, 5.41) is 9.07. The summed E-state index contributed by atoms with van der Waals surface area (Å²) in [7, 11) is 0. The zero-order chi connectivity index (χ0) is 19.2. The van der Waals surface area contributed by atoms with Crippen molar-refractivity contribution in [3.63, 3.8) is 0 Å². The van der Waals surface area contributed by atoms with E-state index in [-0.39, 0.29) is 17.9 Å². The highest BCUT2D eigenvalue weighted by Gasteiger charge is 2.16. The summed E-state index contributed by atoms with van der Waals surface area (Å²) in [4.78, 5) is 18.0. The normalized spacial score (nSPS) is 10.3. The van der Waals surface area contributed by atoms with Crippen LogP contribution in [0, 0.1) is 17.1 Å². The Labute approximate surface area is 157 Å². The summed E-state index contributed by atoms with van der Waals surface area (Å²) in [6.45, 7) is 2.06. The number of rotatable bonds is 5. The lowest BCUT2D eigenvalue weighted by atomic mass is 10.1. The number of anilines is 1. The Morgan fingerprint density at radius 2 is 1.93 bits per heavy atom. The number of pyridine rings is 1. The zero-order valence-corrected chi connectivity index (χ0v) is 14.9. The smallest absolute Gasteiger partial charge is 0.227 e. The Bertz CT molecular complexity index is 979. The lowest BCUT2D eigenvalue weighted by Crippen LogP contribution is -2.29. The molecule has 1 amide bonds. The minimum atomic E-state index is -0.537. The highest BCUT2D eigenvalue weighted by atomic mass is 19.1. The third-order valence-electron chi connectivity index (χ3n) is 4.22. The zero-order valence-electron chi connectivity index (χ0n) is 14.9. The third kappa shape index (κ3) is 4.36. The molecule has 3 rings (SSSR count). The van der Waals surface area contributed by atoms with Gasteiger partial charge < -0.3 is 4.90 Å². The number of amides is 1. The van der Waals surface area contributed by atoms with Gasteiger partial charge in [-0.25, -0.2) is 4.39 Å². The van der Waals surface area contributed by atoms with Gasteiger partial charge in [0.2, 0.25) is 5.91 Å². The van der Waals surface area contributed by atoms with Crippen molar-refractivity contribution in [3.05, 3.63) is 83.9 Å². The first kappa shape index (κ1) is 18.3. The van der Waals surface area contributed by atoms with E-state index in [1.807, 2.05) is 42.5 Å². The van der Waals surface area contributed by atoms with Crippen LogP contribution in [0.1, 0.15) is 24.5 Å². The van der Waals surface area contributed by atoms with Gasteiger partial charge in [-0.1, -0.05) is 37.3 Å². The molecule has 0 bridgehead atoms. The molecule has 2 aromatic carbocycles. The molecule has 0 N–H and O–H groups in total. The van der Waals surface area contributed by atoms with E-state index in [9.17, 15) is 9.18 Å². The molecule has 0 aliphatic heterocycles. The van der Waals surface area contributed by atoms with Crippen LogP contribution >= 0.6 is 0 Å². The van der Waals surface area contributed by atoms with E-state index in [2.05, 4.69) is 4.98 Å². The first-order chi connectivity index (χ1) is 13.1. The lowest BCUT2D eigenvalue weighted by molar-refractivity contribution is -0.118. The van der Waals surface area contributed by atoms with E-state index < -0.39 is 5.82 Å². The average molecular weight is 359 g/mol. The van der Waals surface area contributed by atoms with Gasteiger partial charge in [-0.3, -0.25) is 9.78 Å². The predicted octanol–water partition coefficient (Wildman–Crippen LogP) is 4.70. The Hall–Kier alpha value is -3.52. The molecule has 0 fully saturated rings. The third-order valence-corrected chi connectivity index (χ3v) is 4.22. The summed E-state index contributed by atoms with van der Waals surface area (Å²) in [6.07, 6.45) is 3.80. The Morgan fingerprint density at radius 1 is 1.15 bits per heavy atom. The van der Waals surface area contributed by atoms with Crippen LogP contribution in [0.15, 0.2) is 67.0 Å². The van der Waals surface area contributed by atoms with Crippen molar-refractivity contribution in [1.82, 2.24) is 4.98 Å². The number of aromatic nitrogens is 1. The standard InChI is InChI=1S/C22H18FN3O/c1-2-22(27)26(21-11-17(13-24)10-20(23)12-21)15-16-5-7-18(8-6-16)19-4-3-9-25-14-19/h3-12,14H,2,15H2,1H3. The van der Waals surface area contributed by atoms with Crippen LogP contribution in [-0.2, 0) is 11.3 Å². The molecule has 3 aromatic rings. The van der Waals surface area contributed by atoms with Crippen molar-refractivity contribution in [2.75, 3.05) is 4.90 Å². The molecule has 0 unspecified atom stereocenters. The molecular formula is C22H18FN3O. The maximum atomic E-state index is 13.8. The average Bonchev–Trinajstić information content (AvgIpc) is 2.72. The molecule has 0 aliphatic rings. The summed E-state index contributed by atoms with van der Waals surface area (Å²) in [5.74, 6) is -0.675. The minimum absolute atomic E-state index is 0.138. The second-order valence-electron chi connectivity index (χ2n) is 6.08. The fourth-order valence-corrected chi connectivity index (χ4v) is 2.83.